The van der Waals surface area contributed by atoms with Gasteiger partial charge >= 0.3 is 6.03 Å². The molecule has 1 atom stereocenters. The summed E-state index contributed by atoms with van der Waals surface area (Å²) in [7, 11) is 1.89. The summed E-state index contributed by atoms with van der Waals surface area (Å²) in [5.41, 5.74) is 1.97. The fourth-order valence-corrected chi connectivity index (χ4v) is 2.42. The van der Waals surface area contributed by atoms with E-state index in [1.807, 2.05) is 61.3 Å². The quantitative estimate of drug-likeness (QED) is 0.755. The van der Waals surface area contributed by atoms with Gasteiger partial charge in [0.25, 0.3) is 0 Å². The first kappa shape index (κ1) is 15.8. The number of imidazole rings is 1. The number of hydrogen-bond acceptors (Lipinski definition) is 3. The van der Waals surface area contributed by atoms with E-state index >= 15 is 0 Å². The van der Waals surface area contributed by atoms with Crippen LogP contribution < -0.4 is 10.6 Å². The van der Waals surface area contributed by atoms with Crippen LogP contribution in [-0.2, 0) is 13.6 Å². The Labute approximate surface area is 140 Å². The molecule has 7 heteroatoms. The standard InChI is InChI=1S/C17H20N6O/c1-13(21-17(24)19-12-16-18-8-10-22(16)2)14-5-3-6-15(11-14)23-9-4-7-20-23/h3-11,13H,12H2,1-2H3,(H2,19,21,24)/t13-/m1/s1. The minimum atomic E-state index is -0.227. The van der Waals surface area contributed by atoms with Crippen LogP contribution >= 0.6 is 0 Å². The molecule has 0 spiro atoms. The number of carbonyl (C=O) groups excluding carboxylic acids is 1. The van der Waals surface area contributed by atoms with Gasteiger partial charge in [0.05, 0.1) is 18.3 Å². The molecule has 0 aliphatic heterocycles. The van der Waals surface area contributed by atoms with Gasteiger partial charge in [-0.15, -0.1) is 0 Å². The largest absolute Gasteiger partial charge is 0.337 e. The summed E-state index contributed by atoms with van der Waals surface area (Å²) in [5.74, 6) is 0.804. The second-order valence-corrected chi connectivity index (χ2v) is 5.55. The molecule has 0 bridgehead atoms. The van der Waals surface area contributed by atoms with Crippen molar-refractivity contribution in [2.75, 3.05) is 0 Å². The van der Waals surface area contributed by atoms with Gasteiger partial charge in [0.1, 0.15) is 5.82 Å². The average Bonchev–Trinajstić information content (AvgIpc) is 3.25. The number of carbonyl (C=O) groups is 1. The first-order valence-corrected chi connectivity index (χ1v) is 7.74. The minimum Gasteiger partial charge on any atom is -0.337 e. The normalized spacial score (nSPS) is 11.9. The van der Waals surface area contributed by atoms with Crippen molar-refractivity contribution >= 4 is 6.03 Å². The monoisotopic (exact) mass is 324 g/mol. The Bertz CT molecular complexity index is 808. The van der Waals surface area contributed by atoms with E-state index in [0.717, 1.165) is 17.1 Å². The second-order valence-electron chi connectivity index (χ2n) is 5.55. The molecule has 2 N–H and O–H groups in total. The summed E-state index contributed by atoms with van der Waals surface area (Å²) in [5, 5.41) is 9.97. The van der Waals surface area contributed by atoms with Crippen LogP contribution in [0, 0.1) is 0 Å². The molecule has 0 fully saturated rings. The fraction of sp³-hybridized carbons (Fsp3) is 0.235. The number of urea groups is 1. The van der Waals surface area contributed by atoms with Crippen molar-refractivity contribution in [3.8, 4) is 5.69 Å². The molecule has 2 aromatic heterocycles. The molecule has 0 aliphatic carbocycles. The third-order valence-electron chi connectivity index (χ3n) is 3.81. The van der Waals surface area contributed by atoms with Crippen LogP contribution in [0.2, 0.25) is 0 Å². The van der Waals surface area contributed by atoms with Crippen molar-refractivity contribution < 1.29 is 4.79 Å². The molecule has 0 unspecified atom stereocenters. The number of nitrogens with one attached hydrogen (secondary N) is 2. The Balaban J connectivity index is 1.60. The smallest absolute Gasteiger partial charge is 0.315 e. The van der Waals surface area contributed by atoms with Crippen LogP contribution in [0.3, 0.4) is 0 Å². The summed E-state index contributed by atoms with van der Waals surface area (Å²) in [6, 6.07) is 9.45. The molecule has 1 aromatic carbocycles. The second kappa shape index (κ2) is 6.99. The molecular formula is C17H20N6O. The van der Waals surface area contributed by atoms with Gasteiger partial charge in [-0.25, -0.2) is 14.5 Å². The van der Waals surface area contributed by atoms with Gasteiger partial charge in [0.2, 0.25) is 0 Å². The minimum absolute atomic E-state index is 0.123. The lowest BCUT2D eigenvalue weighted by atomic mass is 10.1. The van der Waals surface area contributed by atoms with Crippen molar-refractivity contribution in [3.63, 3.8) is 0 Å². The molecule has 2 heterocycles. The zero-order valence-corrected chi connectivity index (χ0v) is 13.7. The summed E-state index contributed by atoms with van der Waals surface area (Å²) >= 11 is 0. The molecule has 0 saturated carbocycles. The molecule has 0 aliphatic rings. The average molecular weight is 324 g/mol. The van der Waals surface area contributed by atoms with Gasteiger partial charge < -0.3 is 15.2 Å². The zero-order valence-electron chi connectivity index (χ0n) is 13.7. The van der Waals surface area contributed by atoms with E-state index in [-0.39, 0.29) is 12.1 Å². The van der Waals surface area contributed by atoms with E-state index in [4.69, 9.17) is 0 Å². The van der Waals surface area contributed by atoms with Crippen molar-refractivity contribution in [1.29, 1.82) is 0 Å². The predicted octanol–water partition coefficient (Wildman–Crippen LogP) is 2.17. The number of aromatic nitrogens is 4. The Hall–Kier alpha value is -3.09. The Morgan fingerprint density at radius 3 is 2.83 bits per heavy atom. The molecule has 7 nitrogen and oxygen atoms in total. The van der Waals surface area contributed by atoms with Crippen LogP contribution in [0.5, 0.6) is 0 Å². The molecular weight excluding hydrogens is 304 g/mol. The lowest BCUT2D eigenvalue weighted by Gasteiger charge is -2.16. The number of amides is 2. The summed E-state index contributed by atoms with van der Waals surface area (Å²) in [6.45, 7) is 2.33. The lowest BCUT2D eigenvalue weighted by molar-refractivity contribution is 0.237. The molecule has 0 saturated heterocycles. The Kier molecular flexibility index (Phi) is 4.60. The Morgan fingerprint density at radius 2 is 2.12 bits per heavy atom. The first-order valence-electron chi connectivity index (χ1n) is 7.74. The summed E-state index contributed by atoms with van der Waals surface area (Å²) in [6.07, 6.45) is 7.17. The first-order chi connectivity index (χ1) is 11.6. The van der Waals surface area contributed by atoms with E-state index in [0.29, 0.717) is 6.54 Å². The van der Waals surface area contributed by atoms with Crippen LogP contribution in [-0.4, -0.2) is 25.4 Å². The maximum atomic E-state index is 12.1. The highest BCUT2D eigenvalue weighted by Gasteiger charge is 2.11. The van der Waals surface area contributed by atoms with Crippen LogP contribution in [0.1, 0.15) is 24.4 Å². The van der Waals surface area contributed by atoms with Crippen LogP contribution in [0.15, 0.2) is 55.1 Å². The van der Waals surface area contributed by atoms with Crippen molar-refractivity contribution in [2.24, 2.45) is 7.05 Å². The van der Waals surface area contributed by atoms with Gasteiger partial charge in [-0.1, -0.05) is 12.1 Å². The van der Waals surface area contributed by atoms with Crippen LogP contribution in [0.25, 0.3) is 5.69 Å². The van der Waals surface area contributed by atoms with Gasteiger partial charge in [0.15, 0.2) is 0 Å². The Morgan fingerprint density at radius 1 is 1.25 bits per heavy atom. The summed E-state index contributed by atoms with van der Waals surface area (Å²) < 4.78 is 3.66. The van der Waals surface area contributed by atoms with Crippen molar-refractivity contribution in [3.05, 3.63) is 66.5 Å². The van der Waals surface area contributed by atoms with Crippen molar-refractivity contribution in [1.82, 2.24) is 30.0 Å². The number of rotatable bonds is 5. The molecule has 24 heavy (non-hydrogen) atoms. The molecule has 3 rings (SSSR count). The third kappa shape index (κ3) is 3.62. The highest BCUT2D eigenvalue weighted by molar-refractivity contribution is 5.74. The SMILES string of the molecule is C[C@@H](NC(=O)NCc1nccn1C)c1cccc(-n2cccn2)c1. The van der Waals surface area contributed by atoms with Crippen LogP contribution in [0.4, 0.5) is 4.79 Å². The van der Waals surface area contributed by atoms with Gasteiger partial charge in [-0.05, 0) is 30.7 Å². The number of nitrogens with zero attached hydrogens (tertiary/aromatic N) is 4. The maximum Gasteiger partial charge on any atom is 0.315 e. The highest BCUT2D eigenvalue weighted by atomic mass is 16.2. The van der Waals surface area contributed by atoms with Gasteiger partial charge in [-0.3, -0.25) is 0 Å². The fourth-order valence-electron chi connectivity index (χ4n) is 2.42. The molecule has 0 radical (unpaired) electrons. The highest BCUT2D eigenvalue weighted by Crippen LogP contribution is 2.16. The van der Waals surface area contributed by atoms with Crippen molar-refractivity contribution in [2.45, 2.75) is 19.5 Å². The van der Waals surface area contributed by atoms with Gasteiger partial charge in [-0.2, -0.15) is 5.10 Å². The van der Waals surface area contributed by atoms with E-state index in [1.54, 1.807) is 17.1 Å². The van der Waals surface area contributed by atoms with E-state index in [2.05, 4.69) is 20.7 Å². The molecule has 124 valence electrons. The summed E-state index contributed by atoms with van der Waals surface area (Å²) in [4.78, 5) is 16.2. The third-order valence-corrected chi connectivity index (χ3v) is 3.81. The number of aryl methyl sites for hydroxylation is 1. The van der Waals surface area contributed by atoms with E-state index in [9.17, 15) is 4.79 Å². The lowest BCUT2D eigenvalue weighted by Crippen LogP contribution is -2.37. The number of benzene rings is 1. The maximum absolute atomic E-state index is 12.1. The topological polar surface area (TPSA) is 76.8 Å². The number of hydrogen-bond donors (Lipinski definition) is 2. The predicted molar refractivity (Wildman–Crippen MR) is 90.6 cm³/mol. The van der Waals surface area contributed by atoms with E-state index in [1.165, 1.54) is 0 Å². The van der Waals surface area contributed by atoms with Gasteiger partial charge in [0, 0.05) is 31.8 Å². The zero-order chi connectivity index (χ0) is 16.9. The molecule has 3 aromatic rings. The molecule has 2 amide bonds. The van der Waals surface area contributed by atoms with E-state index < -0.39 is 0 Å².